The number of fused-ring (bicyclic) bond motifs is 1. The number of amides is 2. The third-order valence-electron chi connectivity index (χ3n) is 6.78. The third kappa shape index (κ3) is 4.88. The largest absolute Gasteiger partial charge is 0.479 e. The van der Waals surface area contributed by atoms with Crippen LogP contribution in [0.15, 0.2) is 17.0 Å². The third-order valence-corrected chi connectivity index (χ3v) is 8.79. The first-order valence-electron chi connectivity index (χ1n) is 11.8. The molecule has 1 aromatic carbocycles. The van der Waals surface area contributed by atoms with E-state index in [0.29, 0.717) is 49.5 Å². The van der Waals surface area contributed by atoms with Crippen molar-refractivity contribution in [2.45, 2.75) is 51.0 Å². The highest BCUT2D eigenvalue weighted by Crippen LogP contribution is 2.36. The summed E-state index contributed by atoms with van der Waals surface area (Å²) < 4.78 is 34.2. The van der Waals surface area contributed by atoms with E-state index in [0.717, 1.165) is 26.1 Å². The zero-order valence-electron chi connectivity index (χ0n) is 19.7. The minimum absolute atomic E-state index is 0.0630. The predicted octanol–water partition coefficient (Wildman–Crippen LogP) is 1.67. The Morgan fingerprint density at radius 3 is 2.61 bits per heavy atom. The molecule has 0 bridgehead atoms. The van der Waals surface area contributed by atoms with Gasteiger partial charge in [0.1, 0.15) is 5.75 Å². The number of piperazine rings is 1. The summed E-state index contributed by atoms with van der Waals surface area (Å²) in [7, 11) is -3.81. The van der Waals surface area contributed by atoms with Crippen LogP contribution in [0.5, 0.6) is 5.75 Å². The number of hydrogen-bond acceptors (Lipinski definition) is 6. The number of aryl methyl sites for hydroxylation is 1. The molecule has 3 aliphatic heterocycles. The van der Waals surface area contributed by atoms with E-state index in [4.69, 9.17) is 4.74 Å². The molecular weight excluding hydrogens is 444 g/mol. The van der Waals surface area contributed by atoms with Crippen LogP contribution in [0, 0.1) is 12.8 Å². The fraction of sp³-hybridized carbons (Fsp3) is 0.652. The highest BCUT2D eigenvalue weighted by Gasteiger charge is 2.37. The number of ether oxygens (including phenoxy) is 1. The molecule has 1 aromatic rings. The normalized spacial score (nSPS) is 24.7. The molecular formula is C23H34N4O5S. The standard InChI is InChI=1S/C23H34N4O5S/c1-4-7-25-9-11-26(12-10-25)23(29)18-6-5-8-27(15-18)33(30,31)21-14-20-19(13-16(21)2)24-22(28)17(3)32-20/h13-14,17-18H,4-12,15H2,1-3H3,(H,24,28)/t17-,18-/m1/s1. The van der Waals surface area contributed by atoms with Gasteiger partial charge in [-0.15, -0.1) is 0 Å². The Morgan fingerprint density at radius 1 is 1.18 bits per heavy atom. The zero-order valence-corrected chi connectivity index (χ0v) is 20.5. The lowest BCUT2D eigenvalue weighted by molar-refractivity contribution is -0.138. The molecule has 3 heterocycles. The zero-order chi connectivity index (χ0) is 23.8. The van der Waals surface area contributed by atoms with E-state index in [1.165, 1.54) is 10.4 Å². The maximum absolute atomic E-state index is 13.6. The summed E-state index contributed by atoms with van der Waals surface area (Å²) in [6.07, 6.45) is 1.77. The van der Waals surface area contributed by atoms with Gasteiger partial charge in [0.25, 0.3) is 5.91 Å². The number of rotatable bonds is 5. The molecule has 0 aliphatic carbocycles. The summed E-state index contributed by atoms with van der Waals surface area (Å²) >= 11 is 0. The fourth-order valence-electron chi connectivity index (χ4n) is 4.89. The second-order valence-electron chi connectivity index (χ2n) is 9.23. The minimum Gasteiger partial charge on any atom is -0.479 e. The van der Waals surface area contributed by atoms with Crippen molar-refractivity contribution in [2.75, 3.05) is 51.1 Å². The summed E-state index contributed by atoms with van der Waals surface area (Å²) in [4.78, 5) is 29.5. The van der Waals surface area contributed by atoms with E-state index < -0.39 is 16.1 Å². The summed E-state index contributed by atoms with van der Waals surface area (Å²) in [5.41, 5.74) is 1.01. The number of anilines is 1. The van der Waals surface area contributed by atoms with Crippen molar-refractivity contribution in [1.29, 1.82) is 0 Å². The van der Waals surface area contributed by atoms with Gasteiger partial charge in [-0.1, -0.05) is 6.92 Å². The molecule has 3 aliphatic rings. The van der Waals surface area contributed by atoms with Gasteiger partial charge >= 0.3 is 0 Å². The molecule has 9 nitrogen and oxygen atoms in total. The number of nitrogens with one attached hydrogen (secondary N) is 1. The van der Waals surface area contributed by atoms with Crippen LogP contribution >= 0.6 is 0 Å². The SMILES string of the molecule is CCCN1CCN(C(=O)[C@@H]2CCCN(S(=O)(=O)c3cc4c(cc3C)NC(=O)[C@@H](C)O4)C2)CC1. The first-order chi connectivity index (χ1) is 15.7. The summed E-state index contributed by atoms with van der Waals surface area (Å²) in [6.45, 7) is 10.3. The van der Waals surface area contributed by atoms with Crippen LogP contribution in [0.1, 0.15) is 38.7 Å². The average Bonchev–Trinajstić information content (AvgIpc) is 2.80. The summed E-state index contributed by atoms with van der Waals surface area (Å²) in [5.74, 6) is -0.167. The average molecular weight is 479 g/mol. The lowest BCUT2D eigenvalue weighted by atomic mass is 9.98. The smallest absolute Gasteiger partial charge is 0.265 e. The van der Waals surface area contributed by atoms with Gasteiger partial charge in [0.05, 0.1) is 16.5 Å². The number of hydrogen-bond donors (Lipinski definition) is 1. The van der Waals surface area contributed by atoms with Crippen molar-refractivity contribution in [2.24, 2.45) is 5.92 Å². The molecule has 0 spiro atoms. The molecule has 2 amide bonds. The van der Waals surface area contributed by atoms with E-state index >= 15 is 0 Å². The minimum atomic E-state index is -3.81. The van der Waals surface area contributed by atoms with Crippen molar-refractivity contribution in [3.05, 3.63) is 17.7 Å². The van der Waals surface area contributed by atoms with Gasteiger partial charge in [0.15, 0.2) is 6.10 Å². The lowest BCUT2D eigenvalue weighted by Crippen LogP contribution is -2.53. The molecule has 0 aromatic heterocycles. The maximum atomic E-state index is 13.6. The van der Waals surface area contributed by atoms with Crippen LogP contribution in [-0.2, 0) is 19.6 Å². The first-order valence-corrected chi connectivity index (χ1v) is 13.3. The molecule has 10 heteroatoms. The predicted molar refractivity (Wildman–Crippen MR) is 125 cm³/mol. The van der Waals surface area contributed by atoms with Crippen LogP contribution in [-0.4, -0.2) is 86.3 Å². The maximum Gasteiger partial charge on any atom is 0.265 e. The second-order valence-corrected chi connectivity index (χ2v) is 11.1. The van der Waals surface area contributed by atoms with Crippen molar-refractivity contribution >= 4 is 27.5 Å². The molecule has 0 saturated carbocycles. The Kier molecular flexibility index (Phi) is 6.97. The van der Waals surface area contributed by atoms with Crippen LogP contribution in [0.3, 0.4) is 0 Å². The molecule has 182 valence electrons. The molecule has 33 heavy (non-hydrogen) atoms. The monoisotopic (exact) mass is 478 g/mol. The molecule has 2 saturated heterocycles. The van der Waals surface area contributed by atoms with Crippen molar-refractivity contribution in [3.63, 3.8) is 0 Å². The number of benzene rings is 1. The van der Waals surface area contributed by atoms with E-state index in [2.05, 4.69) is 17.1 Å². The van der Waals surface area contributed by atoms with Gasteiger partial charge < -0.3 is 15.0 Å². The van der Waals surface area contributed by atoms with Gasteiger partial charge in [-0.25, -0.2) is 8.42 Å². The molecule has 1 N–H and O–H groups in total. The topological polar surface area (TPSA) is 99.3 Å². The molecule has 0 unspecified atom stereocenters. The van der Waals surface area contributed by atoms with E-state index in [1.54, 1.807) is 19.9 Å². The Balaban J connectivity index is 1.48. The van der Waals surface area contributed by atoms with E-state index in [1.807, 2.05) is 4.90 Å². The molecule has 2 fully saturated rings. The van der Waals surface area contributed by atoms with Crippen LogP contribution in [0.25, 0.3) is 0 Å². The van der Waals surface area contributed by atoms with E-state index in [-0.39, 0.29) is 29.2 Å². The lowest BCUT2D eigenvalue weighted by Gasteiger charge is -2.38. The Hall–Kier alpha value is -2.17. The van der Waals surface area contributed by atoms with Crippen LogP contribution in [0.4, 0.5) is 5.69 Å². The van der Waals surface area contributed by atoms with Crippen molar-refractivity contribution in [1.82, 2.24) is 14.1 Å². The van der Waals surface area contributed by atoms with Crippen LogP contribution < -0.4 is 10.1 Å². The number of piperidine rings is 1. The summed E-state index contributed by atoms with van der Waals surface area (Å²) in [5, 5.41) is 2.75. The van der Waals surface area contributed by atoms with Gasteiger partial charge in [0, 0.05) is 45.3 Å². The van der Waals surface area contributed by atoms with Gasteiger partial charge in [-0.05, 0) is 51.3 Å². The van der Waals surface area contributed by atoms with Gasteiger partial charge in [0.2, 0.25) is 15.9 Å². The number of sulfonamides is 1. The highest BCUT2D eigenvalue weighted by atomic mass is 32.2. The van der Waals surface area contributed by atoms with E-state index in [9.17, 15) is 18.0 Å². The van der Waals surface area contributed by atoms with Crippen molar-refractivity contribution in [3.8, 4) is 5.75 Å². The van der Waals surface area contributed by atoms with Gasteiger partial charge in [-0.3, -0.25) is 14.5 Å². The molecule has 2 atom stereocenters. The fourth-order valence-corrected chi connectivity index (χ4v) is 6.63. The summed E-state index contributed by atoms with van der Waals surface area (Å²) in [6, 6.07) is 3.13. The van der Waals surface area contributed by atoms with Crippen LogP contribution in [0.2, 0.25) is 0 Å². The molecule has 0 radical (unpaired) electrons. The number of nitrogens with zero attached hydrogens (tertiary/aromatic N) is 3. The van der Waals surface area contributed by atoms with Crippen molar-refractivity contribution < 1.29 is 22.7 Å². The number of carbonyl (C=O) groups excluding carboxylic acids is 2. The number of carbonyl (C=O) groups is 2. The molecule has 4 rings (SSSR count). The Morgan fingerprint density at radius 2 is 1.91 bits per heavy atom. The second kappa shape index (κ2) is 9.60. The highest BCUT2D eigenvalue weighted by molar-refractivity contribution is 7.89. The Bertz CT molecular complexity index is 1020. The quantitative estimate of drug-likeness (QED) is 0.691. The first kappa shape index (κ1) is 24.0. The van der Waals surface area contributed by atoms with Gasteiger partial charge in [-0.2, -0.15) is 4.31 Å². The Labute approximate surface area is 196 Å².